The summed E-state index contributed by atoms with van der Waals surface area (Å²) in [5.74, 6) is -0.461. The zero-order valence-corrected chi connectivity index (χ0v) is 17.8. The molecule has 0 aliphatic heterocycles. The first-order valence-corrected chi connectivity index (χ1v) is 10.6. The van der Waals surface area contributed by atoms with Crippen molar-refractivity contribution >= 4 is 39.1 Å². The number of phenols is 2. The standard InChI is InChI=1S/C22H20ClN3O3S/c1-13-17-11-20(21(29)24-9-8-14-4-7-18(27)19(28)10-14)30-22(17)26(25-13)12-15-2-5-16(23)6-3-15/h2-7,10-11,27-28H,8-9,12H2,1H3,(H,24,29). The van der Waals surface area contributed by atoms with Crippen LogP contribution in [-0.2, 0) is 13.0 Å². The predicted molar refractivity (Wildman–Crippen MR) is 119 cm³/mol. The Kier molecular flexibility index (Phi) is 5.65. The third-order valence-corrected chi connectivity index (χ3v) is 6.21. The van der Waals surface area contributed by atoms with Crippen molar-refractivity contribution in [3.63, 3.8) is 0 Å². The number of aromatic nitrogens is 2. The normalized spacial score (nSPS) is 11.1. The number of nitrogens with one attached hydrogen (secondary N) is 1. The van der Waals surface area contributed by atoms with Crippen molar-refractivity contribution < 1.29 is 15.0 Å². The van der Waals surface area contributed by atoms with Gasteiger partial charge in [0, 0.05) is 17.0 Å². The zero-order valence-electron chi connectivity index (χ0n) is 16.2. The molecule has 2 aromatic carbocycles. The highest BCUT2D eigenvalue weighted by atomic mass is 35.5. The fraction of sp³-hybridized carbons (Fsp3) is 0.182. The van der Waals surface area contributed by atoms with Crippen molar-refractivity contribution in [1.82, 2.24) is 15.1 Å². The van der Waals surface area contributed by atoms with Gasteiger partial charge >= 0.3 is 0 Å². The number of fused-ring (bicyclic) bond motifs is 1. The van der Waals surface area contributed by atoms with E-state index in [9.17, 15) is 15.0 Å². The lowest BCUT2D eigenvalue weighted by atomic mass is 10.1. The number of carbonyl (C=O) groups excluding carboxylic acids is 1. The van der Waals surface area contributed by atoms with Crippen LogP contribution in [0.25, 0.3) is 10.2 Å². The Hall–Kier alpha value is -3.03. The number of aromatic hydroxyl groups is 2. The molecule has 6 nitrogen and oxygen atoms in total. The second-order valence-electron chi connectivity index (χ2n) is 7.03. The van der Waals surface area contributed by atoms with E-state index in [4.69, 9.17) is 11.6 Å². The van der Waals surface area contributed by atoms with Gasteiger partial charge in [-0.15, -0.1) is 11.3 Å². The summed E-state index contributed by atoms with van der Waals surface area (Å²) in [6.07, 6.45) is 0.549. The molecule has 0 fully saturated rings. The molecule has 0 aliphatic carbocycles. The van der Waals surface area contributed by atoms with Crippen LogP contribution >= 0.6 is 22.9 Å². The summed E-state index contributed by atoms with van der Waals surface area (Å²) in [5.41, 5.74) is 2.80. The summed E-state index contributed by atoms with van der Waals surface area (Å²) >= 11 is 7.37. The Morgan fingerprint density at radius 2 is 1.83 bits per heavy atom. The Morgan fingerprint density at radius 3 is 2.57 bits per heavy atom. The quantitative estimate of drug-likeness (QED) is 0.385. The highest BCUT2D eigenvalue weighted by Gasteiger charge is 2.16. The molecule has 0 atom stereocenters. The van der Waals surface area contributed by atoms with Gasteiger partial charge in [0.05, 0.1) is 17.1 Å². The second-order valence-corrected chi connectivity index (χ2v) is 8.50. The number of amides is 1. The summed E-state index contributed by atoms with van der Waals surface area (Å²) in [6, 6.07) is 14.2. The van der Waals surface area contributed by atoms with Crippen LogP contribution in [0.4, 0.5) is 0 Å². The molecule has 2 aromatic heterocycles. The van der Waals surface area contributed by atoms with Crippen LogP contribution in [0.2, 0.25) is 5.02 Å². The highest BCUT2D eigenvalue weighted by Crippen LogP contribution is 2.29. The number of benzene rings is 2. The maximum absolute atomic E-state index is 12.6. The molecular formula is C22H20ClN3O3S. The second kappa shape index (κ2) is 8.38. The fourth-order valence-corrected chi connectivity index (χ4v) is 4.43. The first kappa shape index (κ1) is 20.3. The third kappa shape index (κ3) is 4.27. The van der Waals surface area contributed by atoms with Gasteiger partial charge in [-0.25, -0.2) is 0 Å². The van der Waals surface area contributed by atoms with E-state index in [0.717, 1.165) is 27.0 Å². The van der Waals surface area contributed by atoms with Gasteiger partial charge in [-0.1, -0.05) is 29.8 Å². The summed E-state index contributed by atoms with van der Waals surface area (Å²) in [6.45, 7) is 2.97. The Morgan fingerprint density at radius 1 is 1.10 bits per heavy atom. The third-order valence-electron chi connectivity index (χ3n) is 4.82. The molecule has 1 amide bonds. The minimum atomic E-state index is -0.163. The van der Waals surface area contributed by atoms with Crippen LogP contribution in [0.5, 0.6) is 11.5 Å². The Balaban J connectivity index is 1.45. The number of aryl methyl sites for hydroxylation is 1. The van der Waals surface area contributed by atoms with Crippen molar-refractivity contribution in [3.05, 3.63) is 75.3 Å². The maximum Gasteiger partial charge on any atom is 0.261 e. The minimum Gasteiger partial charge on any atom is -0.504 e. The lowest BCUT2D eigenvalue weighted by Crippen LogP contribution is -2.24. The van der Waals surface area contributed by atoms with Gasteiger partial charge in [0.2, 0.25) is 0 Å². The van der Waals surface area contributed by atoms with Gasteiger partial charge in [0.1, 0.15) is 4.83 Å². The first-order valence-electron chi connectivity index (χ1n) is 9.41. The summed E-state index contributed by atoms with van der Waals surface area (Å²) in [7, 11) is 0. The zero-order chi connectivity index (χ0) is 21.3. The molecule has 0 unspecified atom stereocenters. The van der Waals surface area contributed by atoms with Crippen LogP contribution in [0.3, 0.4) is 0 Å². The van der Waals surface area contributed by atoms with Crippen molar-refractivity contribution in [2.45, 2.75) is 19.9 Å². The fourth-order valence-electron chi connectivity index (χ4n) is 3.23. The van der Waals surface area contributed by atoms with Gasteiger partial charge in [-0.3, -0.25) is 9.48 Å². The molecule has 4 aromatic rings. The number of phenolic OH excluding ortho intramolecular Hbond substituents is 2. The van der Waals surface area contributed by atoms with E-state index >= 15 is 0 Å². The predicted octanol–water partition coefficient (Wildman–Crippen LogP) is 4.49. The molecule has 3 N–H and O–H groups in total. The summed E-state index contributed by atoms with van der Waals surface area (Å²) < 4.78 is 1.91. The van der Waals surface area contributed by atoms with E-state index in [0.29, 0.717) is 29.4 Å². The molecule has 30 heavy (non-hydrogen) atoms. The molecule has 154 valence electrons. The maximum atomic E-state index is 12.6. The number of thiophene rings is 1. The highest BCUT2D eigenvalue weighted by molar-refractivity contribution is 7.20. The molecule has 0 saturated carbocycles. The average Bonchev–Trinajstić information content (AvgIpc) is 3.28. The van der Waals surface area contributed by atoms with Gasteiger partial charge in [-0.2, -0.15) is 5.10 Å². The van der Waals surface area contributed by atoms with Crippen molar-refractivity contribution in [3.8, 4) is 11.5 Å². The number of nitrogens with zero attached hydrogens (tertiary/aromatic N) is 2. The van der Waals surface area contributed by atoms with E-state index in [1.54, 1.807) is 6.07 Å². The molecule has 8 heteroatoms. The molecule has 2 heterocycles. The number of hydrogen-bond donors (Lipinski definition) is 3. The molecular weight excluding hydrogens is 422 g/mol. The summed E-state index contributed by atoms with van der Waals surface area (Å²) in [5, 5.41) is 28.1. The SMILES string of the molecule is Cc1nn(Cc2ccc(Cl)cc2)c2sc(C(=O)NCCc3ccc(O)c(O)c3)cc12. The Bertz CT molecular complexity index is 1210. The van der Waals surface area contributed by atoms with Crippen LogP contribution in [0.1, 0.15) is 26.5 Å². The monoisotopic (exact) mass is 441 g/mol. The van der Waals surface area contributed by atoms with Crippen LogP contribution < -0.4 is 5.32 Å². The van der Waals surface area contributed by atoms with Crippen molar-refractivity contribution in [1.29, 1.82) is 0 Å². The van der Waals surface area contributed by atoms with Crippen LogP contribution in [0, 0.1) is 6.92 Å². The number of carbonyl (C=O) groups is 1. The molecule has 0 aliphatic rings. The van der Waals surface area contributed by atoms with E-state index in [1.807, 2.05) is 41.9 Å². The van der Waals surface area contributed by atoms with Gasteiger partial charge < -0.3 is 15.5 Å². The van der Waals surface area contributed by atoms with Gasteiger partial charge in [0.15, 0.2) is 11.5 Å². The van der Waals surface area contributed by atoms with Crippen molar-refractivity contribution in [2.75, 3.05) is 6.54 Å². The lowest BCUT2D eigenvalue weighted by Gasteiger charge is -2.05. The van der Waals surface area contributed by atoms with E-state index in [2.05, 4.69) is 10.4 Å². The molecule has 0 bridgehead atoms. The van der Waals surface area contributed by atoms with Gasteiger partial charge in [0.25, 0.3) is 5.91 Å². The lowest BCUT2D eigenvalue weighted by molar-refractivity contribution is 0.0958. The average molecular weight is 442 g/mol. The summed E-state index contributed by atoms with van der Waals surface area (Å²) in [4.78, 5) is 14.2. The molecule has 0 saturated heterocycles. The molecule has 0 spiro atoms. The van der Waals surface area contributed by atoms with Crippen molar-refractivity contribution in [2.24, 2.45) is 0 Å². The largest absolute Gasteiger partial charge is 0.504 e. The topological polar surface area (TPSA) is 87.4 Å². The number of hydrogen-bond acceptors (Lipinski definition) is 5. The van der Waals surface area contributed by atoms with E-state index in [-0.39, 0.29) is 17.4 Å². The van der Waals surface area contributed by atoms with Crippen LogP contribution in [0.15, 0.2) is 48.5 Å². The molecule has 4 rings (SSSR count). The van der Waals surface area contributed by atoms with E-state index in [1.165, 1.54) is 23.5 Å². The van der Waals surface area contributed by atoms with Crippen LogP contribution in [-0.4, -0.2) is 32.4 Å². The minimum absolute atomic E-state index is 0.142. The molecule has 0 radical (unpaired) electrons. The van der Waals surface area contributed by atoms with Gasteiger partial charge in [-0.05, 0) is 54.8 Å². The Labute approximate surface area is 182 Å². The smallest absolute Gasteiger partial charge is 0.261 e. The number of rotatable bonds is 6. The first-order chi connectivity index (χ1) is 14.4. The number of halogens is 1. The van der Waals surface area contributed by atoms with E-state index < -0.39 is 0 Å².